The molecule has 2 unspecified atom stereocenters. The summed E-state index contributed by atoms with van der Waals surface area (Å²) in [4.78, 5) is 26.5. The second-order valence-corrected chi connectivity index (χ2v) is 10.8. The summed E-state index contributed by atoms with van der Waals surface area (Å²) in [7, 11) is 0. The molecule has 0 saturated carbocycles. The SMILES string of the molecule is CC(=O)OCCN(CCc1ccc(Cl)c(Cl)c1C(C)OC1CCCCO1)C(=O)Cc1cccc(OC(C)C)c1. The Morgan fingerprint density at radius 2 is 1.90 bits per heavy atom. The van der Waals surface area contributed by atoms with Gasteiger partial charge in [0.05, 0.1) is 35.2 Å². The first kappa shape index (κ1) is 31.2. The summed E-state index contributed by atoms with van der Waals surface area (Å²) >= 11 is 13.0. The number of carbonyl (C=O) groups excluding carboxylic acids is 2. The molecule has 1 aliphatic rings. The molecule has 2 aromatic carbocycles. The van der Waals surface area contributed by atoms with E-state index in [2.05, 4.69) is 0 Å². The van der Waals surface area contributed by atoms with Crippen molar-refractivity contribution < 1.29 is 28.5 Å². The van der Waals surface area contributed by atoms with Gasteiger partial charge in [0.25, 0.3) is 0 Å². The van der Waals surface area contributed by atoms with Crippen LogP contribution in [0.5, 0.6) is 5.75 Å². The molecule has 2 aromatic rings. The van der Waals surface area contributed by atoms with Gasteiger partial charge in [0.15, 0.2) is 6.29 Å². The average molecular weight is 581 g/mol. The third-order valence-electron chi connectivity index (χ3n) is 6.42. The highest BCUT2D eigenvalue weighted by atomic mass is 35.5. The quantitative estimate of drug-likeness (QED) is 0.250. The highest BCUT2D eigenvalue weighted by Gasteiger charge is 2.24. The van der Waals surface area contributed by atoms with Crippen molar-refractivity contribution in [2.24, 2.45) is 0 Å². The monoisotopic (exact) mass is 579 g/mol. The van der Waals surface area contributed by atoms with Gasteiger partial charge >= 0.3 is 5.97 Å². The topological polar surface area (TPSA) is 74.3 Å². The fraction of sp³-hybridized carbons (Fsp3) is 0.533. The van der Waals surface area contributed by atoms with Gasteiger partial charge in [-0.15, -0.1) is 0 Å². The lowest BCUT2D eigenvalue weighted by atomic mass is 9.99. The van der Waals surface area contributed by atoms with E-state index in [-0.39, 0.29) is 49.9 Å². The standard InChI is InChI=1S/C30H39Cl2NO6/c1-20(2)38-25-9-7-8-23(18-25)19-27(35)33(15-17-36-22(4)34)14-13-24-11-12-26(31)30(32)29(24)21(3)39-28-10-5-6-16-37-28/h7-9,11-12,18,20-21,28H,5-6,10,13-17,19H2,1-4H3. The molecule has 0 spiro atoms. The number of esters is 1. The Morgan fingerprint density at radius 1 is 1.10 bits per heavy atom. The van der Waals surface area contributed by atoms with Gasteiger partial charge in [-0.05, 0) is 75.8 Å². The van der Waals surface area contributed by atoms with Crippen LogP contribution in [-0.4, -0.2) is 55.5 Å². The van der Waals surface area contributed by atoms with Crippen LogP contribution in [0.2, 0.25) is 10.0 Å². The van der Waals surface area contributed by atoms with E-state index in [1.807, 2.05) is 51.1 Å². The summed E-state index contributed by atoms with van der Waals surface area (Å²) in [6.45, 7) is 8.68. The maximum Gasteiger partial charge on any atom is 0.302 e. The third-order valence-corrected chi connectivity index (χ3v) is 7.24. The van der Waals surface area contributed by atoms with Crippen LogP contribution in [0.15, 0.2) is 36.4 Å². The van der Waals surface area contributed by atoms with Gasteiger partial charge < -0.3 is 23.8 Å². The van der Waals surface area contributed by atoms with Crippen LogP contribution in [0.3, 0.4) is 0 Å². The van der Waals surface area contributed by atoms with Crippen molar-refractivity contribution in [3.05, 3.63) is 63.1 Å². The summed E-state index contributed by atoms with van der Waals surface area (Å²) in [5, 5.41) is 0.888. The zero-order valence-electron chi connectivity index (χ0n) is 23.2. The molecular weight excluding hydrogens is 541 g/mol. The van der Waals surface area contributed by atoms with E-state index in [9.17, 15) is 9.59 Å². The number of rotatable bonds is 13. The molecule has 3 rings (SSSR count). The molecule has 9 heteroatoms. The molecule has 1 heterocycles. The van der Waals surface area contributed by atoms with Gasteiger partial charge in [0.1, 0.15) is 12.4 Å². The van der Waals surface area contributed by atoms with Crippen LogP contribution in [-0.2, 0) is 36.6 Å². The Hall–Kier alpha value is -2.32. The van der Waals surface area contributed by atoms with Crippen molar-refractivity contribution in [3.63, 3.8) is 0 Å². The Bertz CT molecular complexity index is 1100. The number of hydrogen-bond donors (Lipinski definition) is 0. The lowest BCUT2D eigenvalue weighted by Crippen LogP contribution is -2.37. The molecule has 1 fully saturated rings. The predicted molar refractivity (Wildman–Crippen MR) is 152 cm³/mol. The Labute approximate surface area is 241 Å². The van der Waals surface area contributed by atoms with Gasteiger partial charge in [0.2, 0.25) is 5.91 Å². The summed E-state index contributed by atoms with van der Waals surface area (Å²) in [5.74, 6) is 0.257. The maximum atomic E-state index is 13.4. The Kier molecular flexibility index (Phi) is 12.4. The Balaban J connectivity index is 1.75. The lowest BCUT2D eigenvalue weighted by molar-refractivity contribution is -0.186. The molecule has 0 aromatic heterocycles. The predicted octanol–water partition coefficient (Wildman–Crippen LogP) is 6.56. The van der Waals surface area contributed by atoms with E-state index in [1.165, 1.54) is 6.92 Å². The summed E-state index contributed by atoms with van der Waals surface area (Å²) < 4.78 is 22.9. The first-order valence-electron chi connectivity index (χ1n) is 13.5. The highest BCUT2D eigenvalue weighted by Crippen LogP contribution is 2.36. The Morgan fingerprint density at radius 3 is 2.59 bits per heavy atom. The maximum absolute atomic E-state index is 13.4. The number of carbonyl (C=O) groups is 2. The van der Waals surface area contributed by atoms with Gasteiger partial charge in [-0.1, -0.05) is 41.4 Å². The molecular formula is C30H39Cl2NO6. The second-order valence-electron chi connectivity index (χ2n) is 9.97. The minimum Gasteiger partial charge on any atom is -0.491 e. The van der Waals surface area contributed by atoms with Crippen molar-refractivity contribution in [2.45, 2.75) is 78.3 Å². The molecule has 0 bridgehead atoms. The summed E-state index contributed by atoms with van der Waals surface area (Å²) in [6, 6.07) is 11.2. The van der Waals surface area contributed by atoms with E-state index in [4.69, 9.17) is 42.1 Å². The third kappa shape index (κ3) is 9.98. The molecule has 0 aliphatic carbocycles. The minimum absolute atomic E-state index is 0.0348. The average Bonchev–Trinajstić information content (AvgIpc) is 2.88. The van der Waals surface area contributed by atoms with E-state index in [0.29, 0.717) is 29.6 Å². The van der Waals surface area contributed by atoms with Crippen molar-refractivity contribution in [1.82, 2.24) is 4.90 Å². The van der Waals surface area contributed by atoms with Gasteiger partial charge in [0, 0.05) is 25.6 Å². The van der Waals surface area contributed by atoms with E-state index in [0.717, 1.165) is 41.7 Å². The lowest BCUT2D eigenvalue weighted by Gasteiger charge is -2.28. The molecule has 7 nitrogen and oxygen atoms in total. The van der Waals surface area contributed by atoms with Crippen molar-refractivity contribution in [3.8, 4) is 5.75 Å². The largest absolute Gasteiger partial charge is 0.491 e. The van der Waals surface area contributed by atoms with E-state index >= 15 is 0 Å². The fourth-order valence-corrected chi connectivity index (χ4v) is 5.08. The number of amides is 1. The molecule has 214 valence electrons. The number of hydrogen-bond acceptors (Lipinski definition) is 6. The summed E-state index contributed by atoms with van der Waals surface area (Å²) in [6.07, 6.45) is 3.04. The van der Waals surface area contributed by atoms with Crippen molar-refractivity contribution in [2.75, 3.05) is 26.3 Å². The number of halogens is 2. The molecule has 1 amide bonds. The first-order chi connectivity index (χ1) is 18.6. The van der Waals surface area contributed by atoms with Crippen LogP contribution in [0.4, 0.5) is 0 Å². The van der Waals surface area contributed by atoms with Gasteiger partial charge in [-0.25, -0.2) is 0 Å². The smallest absolute Gasteiger partial charge is 0.302 e. The van der Waals surface area contributed by atoms with Crippen LogP contribution >= 0.6 is 23.2 Å². The first-order valence-corrected chi connectivity index (χ1v) is 14.3. The summed E-state index contributed by atoms with van der Waals surface area (Å²) in [5.41, 5.74) is 2.58. The van der Waals surface area contributed by atoms with Crippen LogP contribution in [0, 0.1) is 0 Å². The van der Waals surface area contributed by atoms with Crippen molar-refractivity contribution >= 4 is 35.1 Å². The highest BCUT2D eigenvalue weighted by molar-refractivity contribution is 6.42. The zero-order valence-corrected chi connectivity index (χ0v) is 24.7. The molecule has 39 heavy (non-hydrogen) atoms. The van der Waals surface area contributed by atoms with Crippen LogP contribution < -0.4 is 4.74 Å². The number of ether oxygens (including phenoxy) is 4. The van der Waals surface area contributed by atoms with Gasteiger partial charge in [-0.3, -0.25) is 9.59 Å². The normalized spacial score (nSPS) is 16.1. The zero-order chi connectivity index (χ0) is 28.4. The number of nitrogens with zero attached hydrogens (tertiary/aromatic N) is 1. The molecule has 0 radical (unpaired) electrons. The van der Waals surface area contributed by atoms with Crippen molar-refractivity contribution in [1.29, 1.82) is 0 Å². The van der Waals surface area contributed by atoms with Gasteiger partial charge in [-0.2, -0.15) is 0 Å². The second kappa shape index (κ2) is 15.5. The van der Waals surface area contributed by atoms with E-state index < -0.39 is 0 Å². The fourth-order valence-electron chi connectivity index (χ4n) is 4.58. The molecule has 1 aliphatic heterocycles. The molecule has 1 saturated heterocycles. The number of benzene rings is 2. The minimum atomic E-state index is -0.386. The molecule has 2 atom stereocenters. The molecule has 0 N–H and O–H groups in total. The van der Waals surface area contributed by atoms with Crippen LogP contribution in [0.1, 0.15) is 69.8 Å². The van der Waals surface area contributed by atoms with E-state index in [1.54, 1.807) is 11.0 Å². The van der Waals surface area contributed by atoms with Crippen LogP contribution in [0.25, 0.3) is 0 Å².